The molecule has 1 spiro atoms. The van der Waals surface area contributed by atoms with E-state index in [0.717, 1.165) is 18.5 Å². The molecular formula is C53H36N4. The first kappa shape index (κ1) is 31.2. The molecule has 4 aliphatic rings. The van der Waals surface area contributed by atoms with Crippen LogP contribution in [0.5, 0.6) is 0 Å². The maximum Gasteiger partial charge on any atom is 0.0778 e. The molecule has 0 bridgehead atoms. The normalized spacial score (nSPS) is 20.3. The SMILES string of the molecule is C1=CC2c3c(ccc4c5ccccc5n(-c5ccc(-c6ccc(-n7c8ccccc8c8cnccc87)cc6)cc5)c34)C3(C4=C(C=CCC4)c4ccccc43)C2N=C1. The van der Waals surface area contributed by atoms with Crippen LogP contribution in [0.4, 0.5) is 0 Å². The van der Waals surface area contributed by atoms with Crippen molar-refractivity contribution < 1.29 is 0 Å². The van der Waals surface area contributed by atoms with Crippen LogP contribution in [0.2, 0.25) is 0 Å². The van der Waals surface area contributed by atoms with Crippen LogP contribution in [0, 0.1) is 0 Å². The Balaban J connectivity index is 0.975. The van der Waals surface area contributed by atoms with Crippen LogP contribution in [0.1, 0.15) is 41.0 Å². The van der Waals surface area contributed by atoms with E-state index in [4.69, 9.17) is 4.99 Å². The smallest absolute Gasteiger partial charge is 0.0778 e. The molecule has 0 saturated heterocycles. The average Bonchev–Trinajstić information content (AvgIpc) is 3.99. The van der Waals surface area contributed by atoms with Gasteiger partial charge in [0.15, 0.2) is 0 Å². The van der Waals surface area contributed by atoms with Gasteiger partial charge in [0.05, 0.1) is 33.5 Å². The van der Waals surface area contributed by atoms with Crippen LogP contribution < -0.4 is 0 Å². The van der Waals surface area contributed by atoms with E-state index in [1.54, 1.807) is 5.57 Å². The zero-order valence-electron chi connectivity index (χ0n) is 31.2. The molecule has 4 heteroatoms. The molecule has 0 N–H and O–H groups in total. The minimum absolute atomic E-state index is 0.0687. The van der Waals surface area contributed by atoms with Gasteiger partial charge in [0.2, 0.25) is 0 Å². The Morgan fingerprint density at radius 2 is 1.28 bits per heavy atom. The highest BCUT2D eigenvalue weighted by molar-refractivity contribution is 6.12. The third kappa shape index (κ3) is 4.02. The molecular weight excluding hydrogens is 693 g/mol. The molecule has 1 aliphatic heterocycles. The molecule has 268 valence electrons. The summed E-state index contributed by atoms with van der Waals surface area (Å²) in [4.78, 5) is 9.84. The van der Waals surface area contributed by atoms with Crippen molar-refractivity contribution >= 4 is 55.4 Å². The lowest BCUT2D eigenvalue weighted by atomic mass is 9.67. The number of para-hydroxylation sites is 2. The summed E-state index contributed by atoms with van der Waals surface area (Å²) in [5.41, 5.74) is 17.9. The number of aliphatic imine (C=N–C) groups is 1. The molecule has 4 nitrogen and oxygen atoms in total. The largest absolute Gasteiger partial charge is 0.309 e. The number of nitrogens with zero attached hydrogens (tertiary/aromatic N) is 4. The highest BCUT2D eigenvalue weighted by Crippen LogP contribution is 2.65. The fourth-order valence-corrected chi connectivity index (χ4v) is 11.2. The molecule has 57 heavy (non-hydrogen) atoms. The predicted octanol–water partition coefficient (Wildman–Crippen LogP) is 12.5. The van der Waals surface area contributed by atoms with E-state index in [0.29, 0.717) is 0 Å². The molecule has 9 aromatic rings. The van der Waals surface area contributed by atoms with Crippen LogP contribution in [-0.2, 0) is 5.41 Å². The first-order chi connectivity index (χ1) is 28.3. The maximum absolute atomic E-state index is 5.41. The van der Waals surface area contributed by atoms with E-state index >= 15 is 0 Å². The fourth-order valence-electron chi connectivity index (χ4n) is 11.2. The molecule has 3 aliphatic carbocycles. The minimum Gasteiger partial charge on any atom is -0.309 e. The maximum atomic E-state index is 5.41. The molecule has 13 rings (SSSR count). The minimum atomic E-state index is -0.292. The molecule has 3 atom stereocenters. The van der Waals surface area contributed by atoms with Gasteiger partial charge in [-0.05, 0) is 106 Å². The predicted molar refractivity (Wildman–Crippen MR) is 235 cm³/mol. The Kier molecular flexibility index (Phi) is 6.29. The molecule has 3 unspecified atom stereocenters. The third-order valence-corrected chi connectivity index (χ3v) is 13.4. The second-order valence-electron chi connectivity index (χ2n) is 16.0. The summed E-state index contributed by atoms with van der Waals surface area (Å²) in [5.74, 6) is 0.158. The highest BCUT2D eigenvalue weighted by atomic mass is 15.0. The number of rotatable bonds is 3. The van der Waals surface area contributed by atoms with Gasteiger partial charge in [-0.1, -0.05) is 115 Å². The van der Waals surface area contributed by atoms with Gasteiger partial charge < -0.3 is 9.13 Å². The van der Waals surface area contributed by atoms with Gasteiger partial charge in [-0.15, -0.1) is 0 Å². The van der Waals surface area contributed by atoms with Crippen LogP contribution in [0.25, 0.3) is 71.7 Å². The second-order valence-corrected chi connectivity index (χ2v) is 16.0. The number of allylic oxidation sites excluding steroid dienone is 4. The zero-order valence-corrected chi connectivity index (χ0v) is 31.2. The summed E-state index contributed by atoms with van der Waals surface area (Å²) < 4.78 is 4.88. The molecule has 0 radical (unpaired) electrons. The van der Waals surface area contributed by atoms with E-state index in [1.165, 1.54) is 88.3 Å². The van der Waals surface area contributed by atoms with Crippen LogP contribution in [0.3, 0.4) is 0 Å². The van der Waals surface area contributed by atoms with Crippen molar-refractivity contribution in [3.63, 3.8) is 0 Å². The highest BCUT2D eigenvalue weighted by Gasteiger charge is 2.59. The Morgan fingerprint density at radius 1 is 0.596 bits per heavy atom. The summed E-state index contributed by atoms with van der Waals surface area (Å²) in [6, 6.07) is 51.9. The van der Waals surface area contributed by atoms with Crippen LogP contribution in [-0.4, -0.2) is 26.4 Å². The first-order valence-corrected chi connectivity index (χ1v) is 20.1. The summed E-state index contributed by atoms with van der Waals surface area (Å²) in [6.45, 7) is 0. The van der Waals surface area contributed by atoms with Gasteiger partial charge in [-0.2, -0.15) is 0 Å². The van der Waals surface area contributed by atoms with Crippen LogP contribution in [0.15, 0.2) is 187 Å². The molecule has 3 aromatic heterocycles. The molecule has 0 saturated carbocycles. The van der Waals surface area contributed by atoms with E-state index in [9.17, 15) is 0 Å². The lowest BCUT2D eigenvalue weighted by Gasteiger charge is -2.37. The molecule has 0 fully saturated rings. The van der Waals surface area contributed by atoms with Gasteiger partial charge >= 0.3 is 0 Å². The summed E-state index contributed by atoms with van der Waals surface area (Å²) in [7, 11) is 0. The number of aromatic nitrogens is 3. The van der Waals surface area contributed by atoms with E-state index in [1.807, 2.05) is 18.6 Å². The van der Waals surface area contributed by atoms with E-state index < -0.39 is 0 Å². The van der Waals surface area contributed by atoms with Crippen molar-refractivity contribution in [3.8, 4) is 22.5 Å². The lowest BCUT2D eigenvalue weighted by molar-refractivity contribution is 0.475. The van der Waals surface area contributed by atoms with Crippen LogP contribution >= 0.6 is 0 Å². The summed E-state index contributed by atoms with van der Waals surface area (Å²) >= 11 is 0. The topological polar surface area (TPSA) is 35.1 Å². The Hall–Kier alpha value is -7.04. The first-order valence-electron chi connectivity index (χ1n) is 20.1. The number of benzene rings is 6. The van der Waals surface area contributed by atoms with Gasteiger partial charge in [-0.25, -0.2) is 0 Å². The van der Waals surface area contributed by atoms with Gasteiger partial charge in [0.1, 0.15) is 0 Å². The Morgan fingerprint density at radius 3 is 2.09 bits per heavy atom. The number of dihydropyridines is 1. The van der Waals surface area contributed by atoms with Crippen molar-refractivity contribution in [2.75, 3.05) is 0 Å². The quantitative estimate of drug-likeness (QED) is 0.178. The average molecular weight is 729 g/mol. The van der Waals surface area contributed by atoms with E-state index in [2.05, 4.69) is 178 Å². The fraction of sp³-hybridized carbons (Fsp3) is 0.0943. The van der Waals surface area contributed by atoms with Crippen molar-refractivity contribution in [1.29, 1.82) is 0 Å². The van der Waals surface area contributed by atoms with Gasteiger partial charge in [0.25, 0.3) is 0 Å². The molecule has 0 amide bonds. The molecule has 4 heterocycles. The number of pyridine rings is 1. The monoisotopic (exact) mass is 728 g/mol. The van der Waals surface area contributed by atoms with E-state index in [-0.39, 0.29) is 17.4 Å². The van der Waals surface area contributed by atoms with Gasteiger partial charge in [-0.3, -0.25) is 9.98 Å². The Labute approximate surface area is 330 Å². The van der Waals surface area contributed by atoms with Crippen molar-refractivity contribution in [1.82, 2.24) is 14.1 Å². The summed E-state index contributed by atoms with van der Waals surface area (Å²) in [6.07, 6.45) is 17.4. The third-order valence-electron chi connectivity index (χ3n) is 13.4. The Bertz CT molecular complexity index is 3240. The zero-order chi connectivity index (χ0) is 37.2. The van der Waals surface area contributed by atoms with Crippen molar-refractivity contribution in [3.05, 3.63) is 204 Å². The lowest BCUT2D eigenvalue weighted by Crippen LogP contribution is -2.38. The molecule has 6 aromatic carbocycles. The van der Waals surface area contributed by atoms with Gasteiger partial charge in [0, 0.05) is 57.4 Å². The summed E-state index contributed by atoms with van der Waals surface area (Å²) in [5, 5.41) is 4.97. The number of fused-ring (bicyclic) bond motifs is 16. The number of hydrogen-bond acceptors (Lipinski definition) is 2. The van der Waals surface area contributed by atoms with Crippen molar-refractivity contribution in [2.24, 2.45) is 4.99 Å². The second kappa shape index (κ2) is 11.5. The number of hydrogen-bond donors (Lipinski definition) is 0. The standard InChI is InChI=1S/C53H36N4/c1-5-15-44-37(10-1)38-11-2-6-16-45(38)53(44)46-28-27-41-39-12-3-8-18-48(39)57(51(41)50(46)42-14-9-30-55-52(42)53)36-25-21-34(22-26-36)33-19-23-35(24-20-33)56-47-17-7-4-13-40(47)43-32-54-31-29-49(43)56/h1-5,7-15,17-32,42,52H,6,16H2. The van der Waals surface area contributed by atoms with Crippen molar-refractivity contribution in [2.45, 2.75) is 30.2 Å².